The van der Waals surface area contributed by atoms with Gasteiger partial charge in [-0.1, -0.05) is 6.07 Å². The van der Waals surface area contributed by atoms with Gasteiger partial charge in [0.05, 0.1) is 17.9 Å². The fourth-order valence-electron chi connectivity index (χ4n) is 4.40. The number of hydrogen-bond acceptors (Lipinski definition) is 5. The van der Waals surface area contributed by atoms with Crippen LogP contribution in [0, 0.1) is 18.8 Å². The van der Waals surface area contributed by atoms with Gasteiger partial charge in [0.15, 0.2) is 0 Å². The van der Waals surface area contributed by atoms with E-state index >= 15 is 0 Å². The maximum absolute atomic E-state index is 6.16. The Morgan fingerprint density at radius 1 is 1.16 bits per heavy atom. The summed E-state index contributed by atoms with van der Waals surface area (Å²) in [6.45, 7) is 9.37. The van der Waals surface area contributed by atoms with E-state index in [-0.39, 0.29) is 5.60 Å². The lowest BCUT2D eigenvalue weighted by molar-refractivity contribution is -0.147. The summed E-state index contributed by atoms with van der Waals surface area (Å²) in [5.74, 6) is 1.21. The lowest BCUT2D eigenvalue weighted by atomic mass is 9.81. The maximum atomic E-state index is 6.16. The molecule has 1 spiro atoms. The lowest BCUT2D eigenvalue weighted by Gasteiger charge is -2.50. The van der Waals surface area contributed by atoms with Crippen molar-refractivity contribution in [2.75, 3.05) is 46.1 Å². The topological polar surface area (TPSA) is 43.8 Å². The number of pyridine rings is 1. The van der Waals surface area contributed by atoms with Crippen LogP contribution in [-0.2, 0) is 20.8 Å². The van der Waals surface area contributed by atoms with Crippen molar-refractivity contribution in [3.05, 3.63) is 29.6 Å². The molecule has 3 aliphatic rings. The predicted molar refractivity (Wildman–Crippen MR) is 95.4 cm³/mol. The van der Waals surface area contributed by atoms with Crippen molar-refractivity contribution < 1.29 is 14.2 Å². The molecule has 4 rings (SSSR count). The van der Waals surface area contributed by atoms with E-state index in [0.717, 1.165) is 83.3 Å². The Labute approximate surface area is 150 Å². The second-order valence-electron chi connectivity index (χ2n) is 7.91. The SMILES string of the molecule is Cc1cccc(CN2CC3(C2)OCCC3COCC2CCOCC2)n1. The quantitative estimate of drug-likeness (QED) is 0.791. The van der Waals surface area contributed by atoms with Gasteiger partial charge in [0, 0.05) is 57.7 Å². The van der Waals surface area contributed by atoms with Crippen LogP contribution in [0.4, 0.5) is 0 Å². The molecule has 138 valence electrons. The first-order valence-corrected chi connectivity index (χ1v) is 9.68. The minimum atomic E-state index is 0.0273. The van der Waals surface area contributed by atoms with Crippen LogP contribution in [0.15, 0.2) is 18.2 Å². The molecule has 4 heterocycles. The number of likely N-dealkylation sites (tertiary alicyclic amines) is 1. The highest BCUT2D eigenvalue weighted by atomic mass is 16.5. The van der Waals surface area contributed by atoms with Crippen LogP contribution in [0.1, 0.15) is 30.7 Å². The van der Waals surface area contributed by atoms with Gasteiger partial charge in [0.25, 0.3) is 0 Å². The van der Waals surface area contributed by atoms with Gasteiger partial charge in [0.1, 0.15) is 0 Å². The Kier molecular flexibility index (Phi) is 5.36. The molecule has 1 unspecified atom stereocenters. The number of hydrogen-bond donors (Lipinski definition) is 0. The predicted octanol–water partition coefficient (Wildman–Crippen LogP) is 2.42. The summed E-state index contributed by atoms with van der Waals surface area (Å²) in [5.41, 5.74) is 2.27. The summed E-state index contributed by atoms with van der Waals surface area (Å²) in [6, 6.07) is 6.25. The highest BCUT2D eigenvalue weighted by molar-refractivity contribution is 5.12. The first-order chi connectivity index (χ1) is 12.2. The molecule has 0 saturated carbocycles. The molecule has 0 N–H and O–H groups in total. The number of aryl methyl sites for hydroxylation is 1. The summed E-state index contributed by atoms with van der Waals surface area (Å²) in [6.07, 6.45) is 3.41. The van der Waals surface area contributed by atoms with Crippen LogP contribution in [0.25, 0.3) is 0 Å². The average molecular weight is 346 g/mol. The number of rotatable bonds is 6. The third-order valence-corrected chi connectivity index (χ3v) is 5.93. The van der Waals surface area contributed by atoms with E-state index in [0.29, 0.717) is 11.8 Å². The summed E-state index contributed by atoms with van der Waals surface area (Å²) in [5, 5.41) is 0. The molecule has 0 radical (unpaired) electrons. The van der Waals surface area contributed by atoms with E-state index in [2.05, 4.69) is 22.0 Å². The summed E-state index contributed by atoms with van der Waals surface area (Å²) in [4.78, 5) is 7.06. The van der Waals surface area contributed by atoms with Crippen LogP contribution in [0.5, 0.6) is 0 Å². The van der Waals surface area contributed by atoms with Gasteiger partial charge in [-0.05, 0) is 44.2 Å². The van der Waals surface area contributed by atoms with Gasteiger partial charge in [-0.3, -0.25) is 9.88 Å². The Morgan fingerprint density at radius 3 is 2.80 bits per heavy atom. The fourth-order valence-corrected chi connectivity index (χ4v) is 4.40. The molecule has 1 aromatic heterocycles. The molecule has 0 aromatic carbocycles. The Balaban J connectivity index is 1.23. The summed E-state index contributed by atoms with van der Waals surface area (Å²) < 4.78 is 17.7. The molecular weight excluding hydrogens is 316 g/mol. The Hall–Kier alpha value is -1.01. The van der Waals surface area contributed by atoms with Crippen molar-refractivity contribution in [2.45, 2.75) is 38.3 Å². The van der Waals surface area contributed by atoms with E-state index in [1.165, 1.54) is 0 Å². The van der Waals surface area contributed by atoms with E-state index in [1.54, 1.807) is 0 Å². The monoisotopic (exact) mass is 346 g/mol. The summed E-state index contributed by atoms with van der Waals surface area (Å²) >= 11 is 0. The molecule has 25 heavy (non-hydrogen) atoms. The molecule has 1 aromatic rings. The molecule has 0 amide bonds. The standard InChI is InChI=1S/C20H30N2O3/c1-16-3-2-4-19(21-16)11-22-14-20(15-22)18(7-10-25-20)13-24-12-17-5-8-23-9-6-17/h2-4,17-18H,5-15H2,1H3. The number of aromatic nitrogens is 1. The molecule has 3 saturated heterocycles. The zero-order valence-corrected chi connectivity index (χ0v) is 15.3. The van der Waals surface area contributed by atoms with E-state index in [4.69, 9.17) is 14.2 Å². The van der Waals surface area contributed by atoms with Gasteiger partial charge in [-0.15, -0.1) is 0 Å². The third kappa shape index (κ3) is 4.05. The van der Waals surface area contributed by atoms with Crippen LogP contribution in [-0.4, -0.2) is 61.6 Å². The lowest BCUT2D eigenvalue weighted by Crippen LogP contribution is -2.64. The van der Waals surface area contributed by atoms with Crippen molar-refractivity contribution in [2.24, 2.45) is 11.8 Å². The summed E-state index contributed by atoms with van der Waals surface area (Å²) in [7, 11) is 0. The van der Waals surface area contributed by atoms with Crippen molar-refractivity contribution in [3.63, 3.8) is 0 Å². The van der Waals surface area contributed by atoms with Crippen LogP contribution in [0.3, 0.4) is 0 Å². The van der Waals surface area contributed by atoms with Crippen LogP contribution < -0.4 is 0 Å². The van der Waals surface area contributed by atoms with Gasteiger partial charge in [0.2, 0.25) is 0 Å². The first-order valence-electron chi connectivity index (χ1n) is 9.68. The van der Waals surface area contributed by atoms with Gasteiger partial charge >= 0.3 is 0 Å². The average Bonchev–Trinajstić information content (AvgIpc) is 2.99. The number of ether oxygens (including phenoxy) is 3. The van der Waals surface area contributed by atoms with E-state index in [1.807, 2.05) is 13.0 Å². The van der Waals surface area contributed by atoms with Crippen molar-refractivity contribution in [1.82, 2.24) is 9.88 Å². The second-order valence-corrected chi connectivity index (χ2v) is 7.91. The first kappa shape index (κ1) is 17.4. The fraction of sp³-hybridized carbons (Fsp3) is 0.750. The molecule has 5 nitrogen and oxygen atoms in total. The number of nitrogens with zero attached hydrogens (tertiary/aromatic N) is 2. The Morgan fingerprint density at radius 2 is 2.00 bits per heavy atom. The normalized spacial score (nSPS) is 26.8. The van der Waals surface area contributed by atoms with Crippen LogP contribution in [0.2, 0.25) is 0 Å². The molecule has 3 aliphatic heterocycles. The maximum Gasteiger partial charge on any atom is 0.0985 e. The van der Waals surface area contributed by atoms with Crippen molar-refractivity contribution in [1.29, 1.82) is 0 Å². The minimum Gasteiger partial charge on any atom is -0.381 e. The van der Waals surface area contributed by atoms with Gasteiger partial charge < -0.3 is 14.2 Å². The minimum absolute atomic E-state index is 0.0273. The van der Waals surface area contributed by atoms with E-state index in [9.17, 15) is 0 Å². The van der Waals surface area contributed by atoms with Gasteiger partial charge in [-0.25, -0.2) is 0 Å². The smallest absolute Gasteiger partial charge is 0.0985 e. The zero-order valence-electron chi connectivity index (χ0n) is 15.3. The third-order valence-electron chi connectivity index (χ3n) is 5.93. The Bertz CT molecular complexity index is 568. The molecule has 1 atom stereocenters. The second kappa shape index (κ2) is 7.70. The molecule has 3 fully saturated rings. The highest BCUT2D eigenvalue weighted by Crippen LogP contribution is 2.40. The largest absolute Gasteiger partial charge is 0.381 e. The van der Waals surface area contributed by atoms with Gasteiger partial charge in [-0.2, -0.15) is 0 Å². The highest BCUT2D eigenvalue weighted by Gasteiger charge is 2.52. The molecule has 0 bridgehead atoms. The van der Waals surface area contributed by atoms with Crippen molar-refractivity contribution in [3.8, 4) is 0 Å². The van der Waals surface area contributed by atoms with E-state index < -0.39 is 0 Å². The van der Waals surface area contributed by atoms with Crippen LogP contribution >= 0.6 is 0 Å². The molecular formula is C20H30N2O3. The molecule has 0 aliphatic carbocycles. The molecule has 5 heteroatoms. The zero-order chi connectivity index (χ0) is 17.1. The van der Waals surface area contributed by atoms with Crippen molar-refractivity contribution >= 4 is 0 Å².